The molecule has 3 aromatic carbocycles. The minimum absolute atomic E-state index is 0.0869. The summed E-state index contributed by atoms with van der Waals surface area (Å²) in [5.41, 5.74) is 14.3. The van der Waals surface area contributed by atoms with Crippen molar-refractivity contribution in [1.82, 2.24) is 14.5 Å². The lowest BCUT2D eigenvalue weighted by Gasteiger charge is -2.33. The highest BCUT2D eigenvalue weighted by atomic mass is 15.2. The van der Waals surface area contributed by atoms with Gasteiger partial charge in [0.1, 0.15) is 11.9 Å². The number of nitrogens with one attached hydrogen (secondary N) is 1. The quantitative estimate of drug-likeness (QED) is 0.203. The Morgan fingerprint density at radius 3 is 2.44 bits per heavy atom. The molecule has 2 atom stereocenters. The van der Waals surface area contributed by atoms with Crippen molar-refractivity contribution in [2.45, 2.75) is 63.8 Å². The molecule has 2 aromatic heterocycles. The molecule has 254 valence electrons. The van der Waals surface area contributed by atoms with E-state index in [0.29, 0.717) is 5.92 Å². The first-order chi connectivity index (χ1) is 25.8. The Labute approximate surface area is 304 Å². The van der Waals surface area contributed by atoms with Gasteiger partial charge in [0.2, 0.25) is 0 Å². The van der Waals surface area contributed by atoms with Crippen LogP contribution in [0.3, 0.4) is 0 Å². The van der Waals surface area contributed by atoms with Gasteiger partial charge in [-0.1, -0.05) is 91.1 Å². The monoisotopic (exact) mass is 674 g/mol. The maximum absolute atomic E-state index is 5.69. The number of nitrogens with zero attached hydrogens (tertiary/aromatic N) is 3. The molecule has 4 heteroatoms. The second kappa shape index (κ2) is 12.0. The number of benzene rings is 3. The van der Waals surface area contributed by atoms with Crippen LogP contribution >= 0.6 is 0 Å². The number of para-hydroxylation sites is 1. The van der Waals surface area contributed by atoms with Crippen molar-refractivity contribution in [1.29, 1.82) is 0 Å². The van der Waals surface area contributed by atoms with E-state index in [1.54, 1.807) is 0 Å². The third-order valence-corrected chi connectivity index (χ3v) is 12.1. The van der Waals surface area contributed by atoms with E-state index in [-0.39, 0.29) is 6.04 Å². The van der Waals surface area contributed by atoms with Gasteiger partial charge in [-0.05, 0) is 116 Å². The average Bonchev–Trinajstić information content (AvgIpc) is 3.72. The largest absolute Gasteiger partial charge is 0.370 e. The normalized spacial score (nSPS) is 22.5. The topological polar surface area (TPSA) is 34.2 Å². The summed E-state index contributed by atoms with van der Waals surface area (Å²) in [5, 5.41) is 9.38. The van der Waals surface area contributed by atoms with E-state index in [4.69, 9.17) is 4.99 Å². The lowest BCUT2D eigenvalue weighted by molar-refractivity contribution is 0.700. The van der Waals surface area contributed by atoms with Gasteiger partial charge in [-0.25, -0.2) is 4.99 Å². The molecular weight excluding hydrogens is 633 g/mol. The predicted molar refractivity (Wildman–Crippen MR) is 219 cm³/mol. The lowest BCUT2D eigenvalue weighted by atomic mass is 9.84. The molecule has 1 aliphatic heterocycles. The summed E-state index contributed by atoms with van der Waals surface area (Å²) in [6, 6.07) is 18.6. The molecule has 3 heterocycles. The first-order valence-corrected chi connectivity index (χ1v) is 19.4. The number of aromatic nitrogens is 2. The second-order valence-corrected chi connectivity index (χ2v) is 15.1. The maximum Gasteiger partial charge on any atom is 0.141 e. The fourth-order valence-electron chi connectivity index (χ4n) is 9.63. The lowest BCUT2D eigenvalue weighted by Crippen LogP contribution is -2.44. The summed E-state index contributed by atoms with van der Waals surface area (Å²) < 4.78 is 5.07. The average molecular weight is 675 g/mol. The SMILES string of the molecule is C1=CCCC(n2c3ccccc3c3cc4c5c6c(ccc5n(C5=NC7=C(C=CCC7)NC5C5=CC(C7=CCCC=C7)CC=C5)c4cc32)C=CCC6)=C1. The van der Waals surface area contributed by atoms with Gasteiger partial charge in [-0.3, -0.25) is 4.57 Å². The van der Waals surface area contributed by atoms with Crippen LogP contribution < -0.4 is 5.32 Å². The second-order valence-electron chi connectivity index (χ2n) is 15.1. The van der Waals surface area contributed by atoms with Crippen LogP contribution in [0.2, 0.25) is 0 Å². The number of aliphatic imine (C=N–C) groups is 1. The third-order valence-electron chi connectivity index (χ3n) is 12.1. The smallest absolute Gasteiger partial charge is 0.141 e. The molecular formula is C48H42N4. The number of fused-ring (bicyclic) bond motifs is 8. The summed E-state index contributed by atoms with van der Waals surface area (Å²) in [6.07, 6.45) is 39.9. The zero-order chi connectivity index (χ0) is 34.2. The first-order valence-electron chi connectivity index (χ1n) is 19.4. The van der Waals surface area contributed by atoms with Crippen LogP contribution in [0.25, 0.3) is 55.4 Å². The van der Waals surface area contributed by atoms with Crippen LogP contribution in [0.5, 0.6) is 0 Å². The third kappa shape index (κ3) is 4.63. The van der Waals surface area contributed by atoms with Crippen LogP contribution in [-0.2, 0) is 6.42 Å². The molecule has 5 aliphatic carbocycles. The zero-order valence-electron chi connectivity index (χ0n) is 29.5. The number of hydrogen-bond acceptors (Lipinski definition) is 2. The molecule has 0 saturated carbocycles. The van der Waals surface area contributed by atoms with Gasteiger partial charge in [-0.15, -0.1) is 0 Å². The van der Waals surface area contributed by atoms with Crippen LogP contribution in [0.4, 0.5) is 0 Å². The number of hydrogen-bond donors (Lipinski definition) is 1. The van der Waals surface area contributed by atoms with Crippen molar-refractivity contribution < 1.29 is 0 Å². The molecule has 0 spiro atoms. The van der Waals surface area contributed by atoms with Crippen molar-refractivity contribution in [3.8, 4) is 0 Å². The molecule has 6 aliphatic rings. The fraction of sp³-hybridized carbons (Fsp3) is 0.229. The number of rotatable bonds is 3. The minimum Gasteiger partial charge on any atom is -0.370 e. The Kier molecular flexibility index (Phi) is 6.93. The summed E-state index contributed by atoms with van der Waals surface area (Å²) in [7, 11) is 0. The van der Waals surface area contributed by atoms with E-state index in [2.05, 4.69) is 142 Å². The van der Waals surface area contributed by atoms with Crippen molar-refractivity contribution in [2.24, 2.45) is 10.9 Å². The Hall–Kier alpha value is -5.61. The van der Waals surface area contributed by atoms with Crippen molar-refractivity contribution in [2.75, 3.05) is 0 Å². The Morgan fingerprint density at radius 1 is 0.654 bits per heavy atom. The molecule has 0 fully saturated rings. The highest BCUT2D eigenvalue weighted by molar-refractivity contribution is 6.23. The van der Waals surface area contributed by atoms with Gasteiger partial charge >= 0.3 is 0 Å². The maximum atomic E-state index is 5.69. The van der Waals surface area contributed by atoms with E-state index in [0.717, 1.165) is 75.0 Å². The molecule has 1 N–H and O–H groups in total. The van der Waals surface area contributed by atoms with Gasteiger partial charge in [0.15, 0.2) is 0 Å². The van der Waals surface area contributed by atoms with Crippen LogP contribution in [0, 0.1) is 5.92 Å². The number of allylic oxidation sites excluding steroid dienone is 14. The van der Waals surface area contributed by atoms with Crippen molar-refractivity contribution in [3.05, 3.63) is 155 Å². The standard InChI is InChI=1S/C48H42N4/c1-3-14-31(15-4-1)33-17-13-18-34(28-33)47-48(50-41-24-11-10-23-40(41)49-47)52-43-27-26-32-16-7-8-21-36(32)46(43)39-29-38-37-22-9-12-25-42(37)51(44(38)30-45(39)52)35-19-5-2-6-20-35/h2-3,5,7,9-10,12-16,18-19,22-23,25-30,33,47,49H,1,4,6,8,11,17,20-21,24H2. The summed E-state index contributed by atoms with van der Waals surface area (Å²) >= 11 is 0. The summed E-state index contributed by atoms with van der Waals surface area (Å²) in [4.78, 5) is 5.69. The summed E-state index contributed by atoms with van der Waals surface area (Å²) in [6.45, 7) is 0. The van der Waals surface area contributed by atoms with Crippen LogP contribution in [-0.4, -0.2) is 21.0 Å². The Balaban J connectivity index is 1.22. The molecule has 11 rings (SSSR count). The predicted octanol–water partition coefficient (Wildman–Crippen LogP) is 11.6. The Morgan fingerprint density at radius 2 is 1.52 bits per heavy atom. The van der Waals surface area contributed by atoms with Gasteiger partial charge in [-0.2, -0.15) is 0 Å². The van der Waals surface area contributed by atoms with E-state index < -0.39 is 0 Å². The van der Waals surface area contributed by atoms with Crippen molar-refractivity contribution >= 4 is 61.2 Å². The van der Waals surface area contributed by atoms with Gasteiger partial charge in [0.05, 0.1) is 33.5 Å². The van der Waals surface area contributed by atoms with Crippen LogP contribution in [0.1, 0.15) is 62.5 Å². The summed E-state index contributed by atoms with van der Waals surface area (Å²) in [5.74, 6) is 1.45. The number of aryl methyl sites for hydroxylation is 1. The molecule has 0 radical (unpaired) electrons. The van der Waals surface area contributed by atoms with Gasteiger partial charge < -0.3 is 9.88 Å². The van der Waals surface area contributed by atoms with E-state index >= 15 is 0 Å². The highest BCUT2D eigenvalue weighted by Gasteiger charge is 2.33. The molecule has 2 unspecified atom stereocenters. The van der Waals surface area contributed by atoms with E-state index in [1.807, 2.05) is 0 Å². The molecule has 52 heavy (non-hydrogen) atoms. The molecule has 0 bridgehead atoms. The van der Waals surface area contributed by atoms with Crippen molar-refractivity contribution in [3.63, 3.8) is 0 Å². The van der Waals surface area contributed by atoms with Gasteiger partial charge in [0.25, 0.3) is 0 Å². The minimum atomic E-state index is -0.0869. The van der Waals surface area contributed by atoms with Crippen LogP contribution in [0.15, 0.2) is 149 Å². The van der Waals surface area contributed by atoms with E-state index in [9.17, 15) is 0 Å². The molecule has 5 aromatic rings. The molecule has 0 saturated heterocycles. The molecule has 0 amide bonds. The Bertz CT molecular complexity index is 2680. The first kappa shape index (κ1) is 30.1. The molecule has 4 nitrogen and oxygen atoms in total. The highest BCUT2D eigenvalue weighted by Crippen LogP contribution is 2.43. The fourth-order valence-corrected chi connectivity index (χ4v) is 9.63. The van der Waals surface area contributed by atoms with Gasteiger partial charge in [0, 0.05) is 33.2 Å². The van der Waals surface area contributed by atoms with E-state index in [1.165, 1.54) is 71.6 Å². The zero-order valence-corrected chi connectivity index (χ0v) is 29.5.